The summed E-state index contributed by atoms with van der Waals surface area (Å²) in [5, 5.41) is 11.0. The van der Waals surface area contributed by atoms with Crippen molar-refractivity contribution in [1.29, 1.82) is 0 Å². The molecule has 0 bridgehead atoms. The van der Waals surface area contributed by atoms with Gasteiger partial charge in [-0.3, -0.25) is 14.5 Å². The lowest BCUT2D eigenvalue weighted by molar-refractivity contribution is -0.132. The average molecular weight is 405 g/mol. The molecular weight excluding hydrogens is 385 g/mol. The van der Waals surface area contributed by atoms with Gasteiger partial charge in [0.2, 0.25) is 0 Å². The molecular formula is C24H20FNO4. The maximum Gasteiger partial charge on any atom is 0.300 e. The highest BCUT2D eigenvalue weighted by Gasteiger charge is 2.48. The van der Waals surface area contributed by atoms with Crippen molar-refractivity contribution in [2.45, 2.75) is 26.8 Å². The smallest absolute Gasteiger partial charge is 0.300 e. The number of carbonyl (C=O) groups is 2. The van der Waals surface area contributed by atoms with Crippen molar-refractivity contribution in [2.24, 2.45) is 0 Å². The van der Waals surface area contributed by atoms with Crippen LogP contribution in [0, 0.1) is 26.6 Å². The molecule has 1 fully saturated rings. The molecule has 0 radical (unpaired) electrons. The van der Waals surface area contributed by atoms with Crippen molar-refractivity contribution in [3.63, 3.8) is 0 Å². The van der Waals surface area contributed by atoms with Gasteiger partial charge in [-0.05, 0) is 79.9 Å². The van der Waals surface area contributed by atoms with E-state index in [9.17, 15) is 19.1 Å². The van der Waals surface area contributed by atoms with E-state index in [0.29, 0.717) is 17.0 Å². The number of Topliss-reactive ketones (excluding diaryl/α,β-unsaturated/α-hetero) is 1. The van der Waals surface area contributed by atoms with Gasteiger partial charge in [-0.15, -0.1) is 0 Å². The van der Waals surface area contributed by atoms with Crippen molar-refractivity contribution in [1.82, 2.24) is 0 Å². The molecule has 0 aliphatic carbocycles. The zero-order chi connectivity index (χ0) is 21.6. The number of benzene rings is 2. The Hall–Kier alpha value is -3.67. The van der Waals surface area contributed by atoms with E-state index in [1.54, 1.807) is 25.1 Å². The molecule has 1 N–H and O–H groups in total. The number of nitrogens with zero attached hydrogens (tertiary/aromatic N) is 1. The van der Waals surface area contributed by atoms with Crippen LogP contribution in [0.25, 0.3) is 5.76 Å². The van der Waals surface area contributed by atoms with Gasteiger partial charge in [0.05, 0.1) is 11.8 Å². The molecule has 1 unspecified atom stereocenters. The lowest BCUT2D eigenvalue weighted by Gasteiger charge is -2.24. The molecule has 2 heterocycles. The van der Waals surface area contributed by atoms with Crippen LogP contribution in [0.3, 0.4) is 0 Å². The molecule has 4 rings (SSSR count). The standard InChI is InChI=1S/C24H20FNO4/c1-13-6-8-17(12-14(13)2)26-21(19-5-4-10-30-19)20(23(28)24(26)29)22(27)16-7-9-18(25)15(3)11-16/h4-12,21,27H,1-3H3/b22-20-. The van der Waals surface area contributed by atoms with Gasteiger partial charge in [0.25, 0.3) is 11.7 Å². The molecule has 1 aliphatic rings. The quantitative estimate of drug-likeness (QED) is 0.379. The molecule has 1 saturated heterocycles. The normalized spacial score (nSPS) is 18.3. The number of ketones is 1. The topological polar surface area (TPSA) is 70.8 Å². The highest BCUT2D eigenvalue weighted by Crippen LogP contribution is 2.42. The summed E-state index contributed by atoms with van der Waals surface area (Å²) in [6.07, 6.45) is 1.44. The molecule has 1 amide bonds. The largest absolute Gasteiger partial charge is 0.507 e. The van der Waals surface area contributed by atoms with Crippen LogP contribution in [-0.2, 0) is 9.59 Å². The number of amides is 1. The Kier molecular flexibility index (Phi) is 4.78. The number of rotatable bonds is 3. The predicted octanol–water partition coefficient (Wildman–Crippen LogP) is 4.97. The molecule has 1 aliphatic heterocycles. The maximum absolute atomic E-state index is 13.7. The minimum Gasteiger partial charge on any atom is -0.507 e. The third kappa shape index (κ3) is 3.10. The lowest BCUT2D eigenvalue weighted by Crippen LogP contribution is -2.29. The number of aliphatic hydroxyl groups is 1. The first-order chi connectivity index (χ1) is 14.3. The molecule has 5 nitrogen and oxygen atoms in total. The second-order valence-corrected chi connectivity index (χ2v) is 7.42. The molecule has 0 spiro atoms. The molecule has 0 saturated carbocycles. The third-order valence-electron chi connectivity index (χ3n) is 5.46. The first kappa shape index (κ1) is 19.6. The number of halogens is 1. The Labute approximate surface area is 173 Å². The second-order valence-electron chi connectivity index (χ2n) is 7.42. The molecule has 2 aromatic carbocycles. The van der Waals surface area contributed by atoms with Crippen molar-refractivity contribution >= 4 is 23.1 Å². The minimum atomic E-state index is -0.938. The Balaban J connectivity index is 1.93. The molecule has 152 valence electrons. The minimum absolute atomic E-state index is 0.0980. The van der Waals surface area contributed by atoms with Crippen molar-refractivity contribution in [3.8, 4) is 0 Å². The highest BCUT2D eigenvalue weighted by atomic mass is 19.1. The van der Waals surface area contributed by atoms with Crippen LogP contribution >= 0.6 is 0 Å². The van der Waals surface area contributed by atoms with Crippen LogP contribution in [0.15, 0.2) is 64.8 Å². The number of hydrogen-bond donors (Lipinski definition) is 1. The SMILES string of the molecule is Cc1ccc(N2C(=O)C(=O)/C(=C(\O)c3ccc(F)c(C)c3)C2c2ccco2)cc1C. The average Bonchev–Trinajstić information content (AvgIpc) is 3.33. The number of aliphatic hydroxyl groups excluding tert-OH is 1. The first-order valence-corrected chi connectivity index (χ1v) is 9.47. The summed E-state index contributed by atoms with van der Waals surface area (Å²) in [4.78, 5) is 27.3. The van der Waals surface area contributed by atoms with E-state index in [1.165, 1.54) is 29.4 Å². The van der Waals surface area contributed by atoms with Gasteiger partial charge in [0.1, 0.15) is 23.4 Å². The van der Waals surface area contributed by atoms with Crippen LogP contribution in [-0.4, -0.2) is 16.8 Å². The van der Waals surface area contributed by atoms with Crippen LogP contribution < -0.4 is 4.90 Å². The van der Waals surface area contributed by atoms with Crippen molar-refractivity contribution in [2.75, 3.05) is 4.90 Å². The van der Waals surface area contributed by atoms with E-state index >= 15 is 0 Å². The van der Waals surface area contributed by atoms with Crippen molar-refractivity contribution < 1.29 is 23.5 Å². The van der Waals surface area contributed by atoms with E-state index in [1.807, 2.05) is 26.0 Å². The van der Waals surface area contributed by atoms with E-state index in [0.717, 1.165) is 11.1 Å². The number of carbonyl (C=O) groups excluding carboxylic acids is 2. The Morgan fingerprint density at radius 2 is 1.77 bits per heavy atom. The van der Waals surface area contributed by atoms with E-state index in [-0.39, 0.29) is 16.9 Å². The van der Waals surface area contributed by atoms with Gasteiger partial charge in [-0.25, -0.2) is 4.39 Å². The van der Waals surface area contributed by atoms with Gasteiger partial charge < -0.3 is 9.52 Å². The van der Waals surface area contributed by atoms with Gasteiger partial charge in [0, 0.05) is 11.3 Å². The molecule has 1 aromatic heterocycles. The Bertz CT molecular complexity index is 1190. The lowest BCUT2D eigenvalue weighted by atomic mass is 9.98. The van der Waals surface area contributed by atoms with E-state index in [2.05, 4.69) is 0 Å². The highest BCUT2D eigenvalue weighted by molar-refractivity contribution is 6.51. The zero-order valence-corrected chi connectivity index (χ0v) is 16.8. The Morgan fingerprint density at radius 3 is 2.40 bits per heavy atom. The number of hydrogen-bond acceptors (Lipinski definition) is 4. The van der Waals surface area contributed by atoms with E-state index in [4.69, 9.17) is 4.42 Å². The predicted molar refractivity (Wildman–Crippen MR) is 111 cm³/mol. The van der Waals surface area contributed by atoms with Crippen LogP contribution in [0.5, 0.6) is 0 Å². The van der Waals surface area contributed by atoms with E-state index < -0.39 is 23.5 Å². The Morgan fingerprint density at radius 1 is 1.00 bits per heavy atom. The summed E-state index contributed by atoms with van der Waals surface area (Å²) >= 11 is 0. The fourth-order valence-electron chi connectivity index (χ4n) is 3.64. The summed E-state index contributed by atoms with van der Waals surface area (Å²) in [5.74, 6) is -2.05. The van der Waals surface area contributed by atoms with Gasteiger partial charge in [-0.1, -0.05) is 6.07 Å². The van der Waals surface area contributed by atoms with Crippen LogP contribution in [0.2, 0.25) is 0 Å². The molecule has 1 atom stereocenters. The van der Waals surface area contributed by atoms with Crippen LogP contribution in [0.4, 0.5) is 10.1 Å². The number of aryl methyl sites for hydroxylation is 3. The summed E-state index contributed by atoms with van der Waals surface area (Å²) in [6, 6.07) is 11.8. The fraction of sp³-hybridized carbons (Fsp3) is 0.167. The van der Waals surface area contributed by atoms with Crippen molar-refractivity contribution in [3.05, 3.63) is 94.2 Å². The molecule has 3 aromatic rings. The van der Waals surface area contributed by atoms with Crippen LogP contribution in [0.1, 0.15) is 34.1 Å². The van der Waals surface area contributed by atoms with Gasteiger partial charge >= 0.3 is 0 Å². The number of furan rings is 1. The fourth-order valence-corrected chi connectivity index (χ4v) is 3.64. The summed E-state index contributed by atoms with van der Waals surface area (Å²) < 4.78 is 19.2. The summed E-state index contributed by atoms with van der Waals surface area (Å²) in [6.45, 7) is 5.43. The second kappa shape index (κ2) is 7.30. The third-order valence-corrected chi connectivity index (χ3v) is 5.46. The number of anilines is 1. The maximum atomic E-state index is 13.7. The zero-order valence-electron chi connectivity index (χ0n) is 16.8. The molecule has 30 heavy (non-hydrogen) atoms. The van der Waals surface area contributed by atoms with Gasteiger partial charge in [-0.2, -0.15) is 0 Å². The summed E-state index contributed by atoms with van der Waals surface area (Å²) in [5.41, 5.74) is 3.00. The summed E-state index contributed by atoms with van der Waals surface area (Å²) in [7, 11) is 0. The molecule has 6 heteroatoms. The van der Waals surface area contributed by atoms with Gasteiger partial charge in [0.15, 0.2) is 0 Å². The monoisotopic (exact) mass is 405 g/mol. The first-order valence-electron chi connectivity index (χ1n) is 9.47.